The second kappa shape index (κ2) is 6.51. The molecule has 1 aromatic rings. The third-order valence-electron chi connectivity index (χ3n) is 4.35. The second-order valence-corrected chi connectivity index (χ2v) is 5.98. The number of rotatable bonds is 3. The van der Waals surface area contributed by atoms with Crippen molar-refractivity contribution in [2.45, 2.75) is 50.2 Å². The zero-order chi connectivity index (χ0) is 18.3. The Labute approximate surface area is 133 Å². The van der Waals surface area contributed by atoms with Crippen LogP contribution < -0.4 is 5.73 Å². The molecule has 1 saturated carbocycles. The van der Waals surface area contributed by atoms with Gasteiger partial charge in [-0.15, -0.1) is 0 Å². The molecule has 1 aromatic carbocycles. The highest BCUT2D eigenvalue weighted by Crippen LogP contribution is 2.42. The molecule has 0 amide bonds. The van der Waals surface area contributed by atoms with Gasteiger partial charge < -0.3 is 10.8 Å². The molecule has 0 bridgehead atoms. The molecule has 1 fully saturated rings. The Morgan fingerprint density at radius 1 is 1.00 bits per heavy atom. The molecule has 0 heterocycles. The van der Waals surface area contributed by atoms with Gasteiger partial charge in [0, 0.05) is 5.56 Å². The van der Waals surface area contributed by atoms with Crippen LogP contribution in [0.2, 0.25) is 0 Å². The number of alkyl halides is 6. The zero-order valence-electron chi connectivity index (χ0n) is 12.4. The van der Waals surface area contributed by atoms with Gasteiger partial charge in [-0.1, -0.05) is 12.8 Å². The number of aliphatic hydroxyl groups is 1. The van der Waals surface area contributed by atoms with E-state index in [-0.39, 0.29) is 12.1 Å². The minimum atomic E-state index is -5.23. The number of hydrogen-bond acceptors (Lipinski definition) is 2. The molecule has 0 spiro atoms. The summed E-state index contributed by atoms with van der Waals surface area (Å²) in [6.07, 6.45) is -9.25. The molecule has 0 saturated heterocycles. The van der Waals surface area contributed by atoms with E-state index in [2.05, 4.69) is 0 Å². The first kappa shape index (κ1) is 19.0. The van der Waals surface area contributed by atoms with Gasteiger partial charge in [0.05, 0.1) is 23.3 Å². The summed E-state index contributed by atoms with van der Waals surface area (Å²) >= 11 is 0. The third kappa shape index (κ3) is 3.83. The predicted molar refractivity (Wildman–Crippen MR) is 71.3 cm³/mol. The normalized spacial score (nSPS) is 19.5. The van der Waals surface area contributed by atoms with Crippen LogP contribution in [-0.2, 0) is 12.4 Å². The summed E-state index contributed by atoms with van der Waals surface area (Å²) in [5.74, 6) is -2.12. The molecule has 2 atom stereocenters. The highest BCUT2D eigenvalue weighted by molar-refractivity contribution is 5.39. The molecule has 0 aliphatic heterocycles. The summed E-state index contributed by atoms with van der Waals surface area (Å²) < 4.78 is 91.4. The van der Waals surface area contributed by atoms with E-state index in [1.165, 1.54) is 0 Å². The summed E-state index contributed by atoms with van der Waals surface area (Å²) in [4.78, 5) is 0. The van der Waals surface area contributed by atoms with E-state index in [9.17, 15) is 35.8 Å². The van der Waals surface area contributed by atoms with Crippen LogP contribution in [0.15, 0.2) is 12.1 Å². The molecular weight excluding hydrogens is 343 g/mol. The first-order chi connectivity index (χ1) is 10.9. The molecule has 0 unspecified atom stereocenters. The Kier molecular flexibility index (Phi) is 5.15. The average molecular weight is 359 g/mol. The maximum atomic E-state index is 14.1. The summed E-state index contributed by atoms with van der Waals surface area (Å²) in [5, 5.41) is 10.1. The number of hydrogen-bond donors (Lipinski definition) is 2. The topological polar surface area (TPSA) is 46.2 Å². The second-order valence-electron chi connectivity index (χ2n) is 5.98. The van der Waals surface area contributed by atoms with Crippen molar-refractivity contribution >= 4 is 0 Å². The largest absolute Gasteiger partial charge is 0.416 e. The number of aliphatic hydroxyl groups excluding tert-OH is 1. The lowest BCUT2D eigenvalue weighted by Gasteiger charge is -2.27. The lowest BCUT2D eigenvalue weighted by atomic mass is 9.87. The van der Waals surface area contributed by atoms with Crippen LogP contribution in [0.3, 0.4) is 0 Å². The highest BCUT2D eigenvalue weighted by atomic mass is 19.4. The summed E-state index contributed by atoms with van der Waals surface area (Å²) in [6.45, 7) is 0. The molecule has 2 nitrogen and oxygen atoms in total. The van der Waals surface area contributed by atoms with Gasteiger partial charge in [-0.3, -0.25) is 0 Å². The van der Waals surface area contributed by atoms with Crippen molar-refractivity contribution in [2.75, 3.05) is 0 Å². The number of nitrogens with two attached hydrogens (primary N) is 1. The van der Waals surface area contributed by atoms with Gasteiger partial charge in [0.1, 0.15) is 5.82 Å². The number of halogens is 7. The first-order valence-corrected chi connectivity index (χ1v) is 7.34. The standard InChI is InChI=1S/C15H16F7NO/c16-10-6-8(14(17,18)19)5-9(15(20,21)22)11(10)12(23)13(24)7-3-1-2-4-7/h5-7,12-13,24H,1-4,23H2/t12-,13+/m1/s1. The van der Waals surface area contributed by atoms with Crippen LogP contribution >= 0.6 is 0 Å². The highest BCUT2D eigenvalue weighted by Gasteiger charge is 2.42. The van der Waals surface area contributed by atoms with Crippen molar-refractivity contribution in [3.8, 4) is 0 Å². The first-order valence-electron chi connectivity index (χ1n) is 7.34. The fraction of sp³-hybridized carbons (Fsp3) is 0.600. The maximum Gasteiger partial charge on any atom is 0.416 e. The molecule has 136 valence electrons. The van der Waals surface area contributed by atoms with E-state index >= 15 is 0 Å². The van der Waals surface area contributed by atoms with Crippen LogP contribution in [0.5, 0.6) is 0 Å². The SMILES string of the molecule is N[C@H](c1c(F)cc(C(F)(F)F)cc1C(F)(F)F)[C@@H](O)C1CCCC1. The molecule has 0 aromatic heterocycles. The van der Waals surface area contributed by atoms with E-state index in [1.54, 1.807) is 0 Å². The summed E-state index contributed by atoms with van der Waals surface area (Å²) in [7, 11) is 0. The quantitative estimate of drug-likeness (QED) is 0.785. The van der Waals surface area contributed by atoms with E-state index in [0.717, 1.165) is 12.8 Å². The molecule has 3 N–H and O–H groups in total. The van der Waals surface area contributed by atoms with Gasteiger partial charge in [-0.25, -0.2) is 4.39 Å². The van der Waals surface area contributed by atoms with Crippen molar-refractivity contribution in [1.82, 2.24) is 0 Å². The van der Waals surface area contributed by atoms with Crippen LogP contribution in [0.25, 0.3) is 0 Å². The Bertz CT molecular complexity index is 591. The van der Waals surface area contributed by atoms with Gasteiger partial charge in [0.15, 0.2) is 0 Å². The summed E-state index contributed by atoms with van der Waals surface area (Å²) in [6, 6.07) is -1.95. The zero-order valence-corrected chi connectivity index (χ0v) is 12.4. The Morgan fingerprint density at radius 3 is 2.00 bits per heavy atom. The molecule has 1 aliphatic rings. The van der Waals surface area contributed by atoms with Crippen LogP contribution in [0.1, 0.15) is 48.4 Å². The van der Waals surface area contributed by atoms with Gasteiger partial charge >= 0.3 is 12.4 Å². The fourth-order valence-electron chi connectivity index (χ4n) is 3.12. The molecule has 2 rings (SSSR count). The summed E-state index contributed by atoms with van der Waals surface area (Å²) in [5.41, 5.74) is 0.917. The minimum Gasteiger partial charge on any atom is -0.391 e. The van der Waals surface area contributed by atoms with Crippen LogP contribution in [0, 0.1) is 11.7 Å². The molecule has 9 heteroatoms. The van der Waals surface area contributed by atoms with Crippen molar-refractivity contribution in [2.24, 2.45) is 11.7 Å². The van der Waals surface area contributed by atoms with Crippen molar-refractivity contribution in [3.05, 3.63) is 34.6 Å². The molecule has 0 radical (unpaired) electrons. The van der Waals surface area contributed by atoms with Gasteiger partial charge in [0.2, 0.25) is 0 Å². The molecular formula is C15H16F7NO. The van der Waals surface area contributed by atoms with Crippen LogP contribution in [0.4, 0.5) is 30.7 Å². The predicted octanol–water partition coefficient (Wildman–Crippen LogP) is 4.41. The van der Waals surface area contributed by atoms with E-state index in [1.807, 2.05) is 0 Å². The van der Waals surface area contributed by atoms with Crippen molar-refractivity contribution < 1.29 is 35.8 Å². The Morgan fingerprint density at radius 2 is 1.54 bits per heavy atom. The number of benzene rings is 1. The molecule has 1 aliphatic carbocycles. The lowest BCUT2D eigenvalue weighted by Crippen LogP contribution is -2.34. The van der Waals surface area contributed by atoms with Crippen LogP contribution in [-0.4, -0.2) is 11.2 Å². The fourth-order valence-corrected chi connectivity index (χ4v) is 3.12. The third-order valence-corrected chi connectivity index (χ3v) is 4.35. The van der Waals surface area contributed by atoms with E-state index in [0.29, 0.717) is 12.8 Å². The minimum absolute atomic E-state index is 0.0220. The maximum absolute atomic E-state index is 14.1. The van der Waals surface area contributed by atoms with Gasteiger partial charge in [0.25, 0.3) is 0 Å². The lowest BCUT2D eigenvalue weighted by molar-refractivity contribution is -0.144. The Hall–Kier alpha value is -1.35. The van der Waals surface area contributed by atoms with Crippen molar-refractivity contribution in [3.63, 3.8) is 0 Å². The smallest absolute Gasteiger partial charge is 0.391 e. The van der Waals surface area contributed by atoms with Gasteiger partial charge in [-0.2, -0.15) is 26.3 Å². The van der Waals surface area contributed by atoms with E-state index < -0.39 is 52.9 Å². The monoisotopic (exact) mass is 359 g/mol. The van der Waals surface area contributed by atoms with Crippen molar-refractivity contribution in [1.29, 1.82) is 0 Å². The Balaban J connectivity index is 2.51. The average Bonchev–Trinajstić information content (AvgIpc) is 2.97. The molecule has 24 heavy (non-hydrogen) atoms. The van der Waals surface area contributed by atoms with E-state index in [4.69, 9.17) is 5.73 Å². The van der Waals surface area contributed by atoms with Gasteiger partial charge in [-0.05, 0) is 30.9 Å².